The van der Waals surface area contributed by atoms with Gasteiger partial charge in [-0.3, -0.25) is 0 Å². The molecule has 0 atom stereocenters. The van der Waals surface area contributed by atoms with Gasteiger partial charge in [0.1, 0.15) is 0 Å². The Kier molecular flexibility index (Phi) is 8.62. The lowest BCUT2D eigenvalue weighted by Crippen LogP contribution is -2.31. The first-order chi connectivity index (χ1) is 31.5. The van der Waals surface area contributed by atoms with Crippen molar-refractivity contribution in [1.82, 2.24) is 0 Å². The molecule has 0 fully saturated rings. The molecule has 2 heteroatoms. The van der Waals surface area contributed by atoms with Crippen LogP contribution in [0, 0.1) is 0 Å². The van der Waals surface area contributed by atoms with E-state index >= 15 is 0 Å². The van der Waals surface area contributed by atoms with Crippen LogP contribution < -0.4 is 9.80 Å². The first-order valence-corrected chi connectivity index (χ1v) is 23.1. The predicted molar refractivity (Wildman–Crippen MR) is 276 cm³/mol. The standard InChI is InChI=1S/C63H52N2/c1-61(2)52-21-13-15-23-58(52)65(48-33-31-43-16-10-11-17-45(43)37-48)59-35-28-42(36-55(59)61)25-24-41-26-29-44(30-27-41)46-32-34-49-50-39-56-60(40-54(50)63(5,6)53(49)38-46)64(47-18-8-7-9-19-47)57-22-14-12-20-51(57)62(56,3)4/h7-40H,1-6H3/b25-24+. The molecule has 3 aliphatic rings. The van der Waals surface area contributed by atoms with Crippen molar-refractivity contribution < 1.29 is 0 Å². The molecule has 65 heavy (non-hydrogen) atoms. The Morgan fingerprint density at radius 2 is 0.846 bits per heavy atom. The Labute approximate surface area is 383 Å². The normalized spacial score (nSPS) is 15.8. The number of rotatable bonds is 5. The Morgan fingerprint density at radius 1 is 0.308 bits per heavy atom. The Balaban J connectivity index is 0.851. The number of para-hydroxylation sites is 3. The zero-order valence-corrected chi connectivity index (χ0v) is 38.0. The minimum absolute atomic E-state index is 0.155. The molecular weight excluding hydrogens is 785 g/mol. The topological polar surface area (TPSA) is 6.48 Å². The fourth-order valence-electron chi connectivity index (χ4n) is 11.4. The van der Waals surface area contributed by atoms with E-state index in [0.717, 1.165) is 0 Å². The summed E-state index contributed by atoms with van der Waals surface area (Å²) in [6, 6.07) is 72.3. The van der Waals surface area contributed by atoms with Crippen LogP contribution in [0.4, 0.5) is 34.1 Å². The lowest BCUT2D eigenvalue weighted by atomic mass is 9.72. The molecule has 0 N–H and O–H groups in total. The molecule has 0 radical (unpaired) electrons. The van der Waals surface area contributed by atoms with Gasteiger partial charge in [-0.1, -0.05) is 181 Å². The molecule has 9 aromatic rings. The van der Waals surface area contributed by atoms with Crippen molar-refractivity contribution in [2.45, 2.75) is 57.8 Å². The number of anilines is 6. The van der Waals surface area contributed by atoms with E-state index in [1.54, 1.807) is 0 Å². The second-order valence-electron chi connectivity index (χ2n) is 19.9. The van der Waals surface area contributed by atoms with Crippen molar-refractivity contribution in [3.63, 3.8) is 0 Å². The Hall–Kier alpha value is -7.42. The van der Waals surface area contributed by atoms with Crippen molar-refractivity contribution in [3.05, 3.63) is 239 Å². The number of nitrogens with zero attached hydrogens (tertiary/aromatic N) is 2. The van der Waals surface area contributed by atoms with Crippen LogP contribution >= 0.6 is 0 Å². The van der Waals surface area contributed by atoms with Gasteiger partial charge in [0.15, 0.2) is 0 Å². The van der Waals surface area contributed by atoms with Crippen LogP contribution in [0.25, 0.3) is 45.2 Å². The van der Waals surface area contributed by atoms with Crippen LogP contribution in [0.2, 0.25) is 0 Å². The minimum atomic E-state index is -0.167. The highest BCUT2D eigenvalue weighted by Crippen LogP contribution is 2.58. The van der Waals surface area contributed by atoms with E-state index in [9.17, 15) is 0 Å². The van der Waals surface area contributed by atoms with Crippen LogP contribution in [0.1, 0.15) is 86.1 Å². The maximum Gasteiger partial charge on any atom is 0.0506 e. The molecule has 0 saturated carbocycles. The van der Waals surface area contributed by atoms with E-state index in [-0.39, 0.29) is 16.2 Å². The molecule has 9 aromatic carbocycles. The zero-order valence-electron chi connectivity index (χ0n) is 38.0. The first kappa shape index (κ1) is 39.2. The summed E-state index contributed by atoms with van der Waals surface area (Å²) in [5.41, 5.74) is 22.6. The van der Waals surface area contributed by atoms with Gasteiger partial charge < -0.3 is 9.80 Å². The number of hydrogen-bond acceptors (Lipinski definition) is 2. The zero-order chi connectivity index (χ0) is 44.2. The van der Waals surface area contributed by atoms with Crippen molar-refractivity contribution in [2.75, 3.05) is 9.80 Å². The molecule has 1 aliphatic carbocycles. The van der Waals surface area contributed by atoms with Crippen molar-refractivity contribution in [2.24, 2.45) is 0 Å². The molecule has 0 saturated heterocycles. The molecule has 0 aromatic heterocycles. The van der Waals surface area contributed by atoms with Crippen LogP contribution in [0.5, 0.6) is 0 Å². The third-order valence-electron chi connectivity index (χ3n) is 15.0. The SMILES string of the molecule is CC1(C)c2cc(-c3ccc(/C=C/c4ccc5c(c4)C(C)(C)c4ccccc4N5c4ccc5ccccc5c4)cc3)ccc2-c2cc3c(cc21)N(c1ccccc1)c1ccccc1C3(C)C. The fraction of sp³-hybridized carbons (Fsp3) is 0.143. The molecule has 0 bridgehead atoms. The molecule has 0 unspecified atom stereocenters. The second-order valence-corrected chi connectivity index (χ2v) is 19.9. The summed E-state index contributed by atoms with van der Waals surface area (Å²) in [6.07, 6.45) is 4.51. The van der Waals surface area contributed by atoms with E-state index in [1.165, 1.54) is 112 Å². The summed E-state index contributed by atoms with van der Waals surface area (Å²) >= 11 is 0. The van der Waals surface area contributed by atoms with Crippen LogP contribution in [-0.4, -0.2) is 0 Å². The van der Waals surface area contributed by atoms with Crippen molar-refractivity contribution >= 4 is 57.0 Å². The average Bonchev–Trinajstić information content (AvgIpc) is 3.55. The number of benzene rings is 9. The Morgan fingerprint density at radius 3 is 1.57 bits per heavy atom. The van der Waals surface area contributed by atoms with Gasteiger partial charge in [-0.2, -0.15) is 0 Å². The molecule has 12 rings (SSSR count). The summed E-state index contributed by atoms with van der Waals surface area (Å²) in [5, 5.41) is 2.50. The smallest absolute Gasteiger partial charge is 0.0506 e. The van der Waals surface area contributed by atoms with Crippen molar-refractivity contribution in [1.29, 1.82) is 0 Å². The van der Waals surface area contributed by atoms with Crippen LogP contribution in [-0.2, 0) is 16.2 Å². The third-order valence-corrected chi connectivity index (χ3v) is 15.0. The van der Waals surface area contributed by atoms with Gasteiger partial charge >= 0.3 is 0 Å². The summed E-state index contributed by atoms with van der Waals surface area (Å²) in [4.78, 5) is 4.92. The van der Waals surface area contributed by atoms with Gasteiger partial charge in [0.25, 0.3) is 0 Å². The summed E-state index contributed by atoms with van der Waals surface area (Å²) < 4.78 is 0. The molecule has 2 nitrogen and oxygen atoms in total. The van der Waals surface area contributed by atoms with E-state index in [1.807, 2.05) is 0 Å². The number of hydrogen-bond donors (Lipinski definition) is 0. The highest BCUT2D eigenvalue weighted by Gasteiger charge is 2.42. The van der Waals surface area contributed by atoms with E-state index in [2.05, 4.69) is 258 Å². The van der Waals surface area contributed by atoms with Crippen molar-refractivity contribution in [3.8, 4) is 22.3 Å². The monoisotopic (exact) mass is 836 g/mol. The lowest BCUT2D eigenvalue weighted by Gasteiger charge is -2.42. The molecule has 0 amide bonds. The predicted octanol–water partition coefficient (Wildman–Crippen LogP) is 17.2. The molecule has 2 aliphatic heterocycles. The number of fused-ring (bicyclic) bond motifs is 8. The van der Waals surface area contributed by atoms with Crippen LogP contribution in [0.15, 0.2) is 194 Å². The Bertz CT molecular complexity index is 3400. The summed E-state index contributed by atoms with van der Waals surface area (Å²) in [6.45, 7) is 14.3. The quantitative estimate of drug-likeness (QED) is 0.159. The lowest BCUT2D eigenvalue weighted by molar-refractivity contribution is 0.627. The van der Waals surface area contributed by atoms with Gasteiger partial charge in [0.2, 0.25) is 0 Å². The minimum Gasteiger partial charge on any atom is -0.310 e. The average molecular weight is 837 g/mol. The van der Waals surface area contributed by atoms with Gasteiger partial charge in [-0.05, 0) is 144 Å². The second kappa shape index (κ2) is 14.3. The largest absolute Gasteiger partial charge is 0.310 e. The van der Waals surface area contributed by atoms with Crippen LogP contribution in [0.3, 0.4) is 0 Å². The highest BCUT2D eigenvalue weighted by molar-refractivity contribution is 5.94. The van der Waals surface area contributed by atoms with Gasteiger partial charge in [0.05, 0.1) is 22.7 Å². The van der Waals surface area contributed by atoms with Gasteiger partial charge in [0, 0.05) is 27.6 Å². The van der Waals surface area contributed by atoms with Gasteiger partial charge in [-0.15, -0.1) is 0 Å². The molecule has 0 spiro atoms. The maximum atomic E-state index is 2.51. The maximum absolute atomic E-state index is 2.51. The van der Waals surface area contributed by atoms with E-state index < -0.39 is 0 Å². The highest BCUT2D eigenvalue weighted by atomic mass is 15.2. The van der Waals surface area contributed by atoms with E-state index in [4.69, 9.17) is 0 Å². The fourth-order valence-corrected chi connectivity index (χ4v) is 11.4. The molecular formula is C63H52N2. The van der Waals surface area contributed by atoms with E-state index in [0.29, 0.717) is 0 Å². The first-order valence-electron chi connectivity index (χ1n) is 23.1. The summed E-state index contributed by atoms with van der Waals surface area (Å²) in [7, 11) is 0. The summed E-state index contributed by atoms with van der Waals surface area (Å²) in [5.74, 6) is 0. The molecule has 2 heterocycles. The van der Waals surface area contributed by atoms with Gasteiger partial charge in [-0.25, -0.2) is 0 Å². The molecule has 314 valence electrons. The third kappa shape index (κ3) is 6.00.